The van der Waals surface area contributed by atoms with Crippen LogP contribution in [0.25, 0.3) is 0 Å². The summed E-state index contributed by atoms with van der Waals surface area (Å²) < 4.78 is 0. The maximum atomic E-state index is 3.37. The molecule has 1 aromatic carbocycles. The van der Waals surface area contributed by atoms with Crippen LogP contribution >= 0.6 is 0 Å². The van der Waals surface area contributed by atoms with E-state index in [4.69, 9.17) is 0 Å². The van der Waals surface area contributed by atoms with Crippen molar-refractivity contribution in [3.05, 3.63) is 35.9 Å². The van der Waals surface area contributed by atoms with E-state index in [0.717, 1.165) is 5.92 Å². The molecule has 2 atom stereocenters. The minimum Gasteiger partial charge on any atom is -0.0654 e. The van der Waals surface area contributed by atoms with E-state index in [2.05, 4.69) is 39.0 Å². The van der Waals surface area contributed by atoms with Crippen molar-refractivity contribution in [2.45, 2.75) is 46.0 Å². The van der Waals surface area contributed by atoms with Crippen molar-refractivity contribution in [1.29, 1.82) is 0 Å². The quantitative estimate of drug-likeness (QED) is 0.643. The van der Waals surface area contributed by atoms with Crippen LogP contribution in [0, 0.1) is 12.0 Å². The van der Waals surface area contributed by atoms with Crippen LogP contribution < -0.4 is 0 Å². The summed E-state index contributed by atoms with van der Waals surface area (Å²) in [7, 11) is 0. The fourth-order valence-electron chi connectivity index (χ4n) is 1.98. The molecule has 1 rings (SSSR count). The molecule has 0 N–H and O–H groups in total. The van der Waals surface area contributed by atoms with Crippen molar-refractivity contribution in [3.8, 4) is 0 Å². The molecule has 1 radical (unpaired) electrons. The lowest BCUT2D eigenvalue weighted by Crippen LogP contribution is -2.08. The van der Waals surface area contributed by atoms with E-state index in [9.17, 15) is 0 Å². The molecule has 0 heteroatoms. The van der Waals surface area contributed by atoms with E-state index < -0.39 is 0 Å². The van der Waals surface area contributed by atoms with Gasteiger partial charge in [0.25, 0.3) is 0 Å². The second-order valence-corrected chi connectivity index (χ2v) is 4.10. The summed E-state index contributed by atoms with van der Waals surface area (Å²) in [6.45, 7) is 6.88. The van der Waals surface area contributed by atoms with Crippen LogP contribution in [0.4, 0.5) is 0 Å². The third-order valence-corrected chi connectivity index (χ3v) is 3.06. The first-order valence-corrected chi connectivity index (χ1v) is 5.76. The molecule has 14 heavy (non-hydrogen) atoms. The third-order valence-electron chi connectivity index (χ3n) is 3.06. The molecule has 1 aromatic rings. The topological polar surface area (TPSA) is 0 Å². The zero-order valence-corrected chi connectivity index (χ0v) is 9.59. The van der Waals surface area contributed by atoms with Crippen LogP contribution in [0.3, 0.4) is 0 Å². The number of hydrogen-bond acceptors (Lipinski definition) is 0. The molecule has 0 saturated heterocycles. The Balaban J connectivity index is 2.77. The first kappa shape index (κ1) is 11.3. The Morgan fingerprint density at radius 3 is 2.57 bits per heavy atom. The van der Waals surface area contributed by atoms with Crippen LogP contribution in [-0.2, 0) is 0 Å². The maximum Gasteiger partial charge on any atom is -0.0130 e. The van der Waals surface area contributed by atoms with Crippen molar-refractivity contribution < 1.29 is 0 Å². The summed E-state index contributed by atoms with van der Waals surface area (Å²) in [5.41, 5.74) is 1.39. The van der Waals surface area contributed by atoms with Crippen LogP contribution in [-0.4, -0.2) is 0 Å². The molecule has 0 aliphatic carbocycles. The molecule has 2 unspecified atom stereocenters. The fraction of sp³-hybridized carbons (Fsp3) is 0.571. The second-order valence-electron chi connectivity index (χ2n) is 4.10. The van der Waals surface area contributed by atoms with Gasteiger partial charge in [0.15, 0.2) is 0 Å². The number of rotatable bonds is 5. The van der Waals surface area contributed by atoms with Gasteiger partial charge in [-0.1, -0.05) is 57.9 Å². The lowest BCUT2D eigenvalue weighted by atomic mass is 9.82. The van der Waals surface area contributed by atoms with E-state index in [-0.39, 0.29) is 0 Å². The van der Waals surface area contributed by atoms with Crippen molar-refractivity contribution >= 4 is 0 Å². The fourth-order valence-corrected chi connectivity index (χ4v) is 1.98. The highest BCUT2D eigenvalue weighted by molar-refractivity contribution is 5.18. The molecule has 0 saturated carbocycles. The van der Waals surface area contributed by atoms with Gasteiger partial charge in [0, 0.05) is 0 Å². The van der Waals surface area contributed by atoms with Gasteiger partial charge in [0.05, 0.1) is 0 Å². The van der Waals surface area contributed by atoms with Crippen molar-refractivity contribution in [2.24, 2.45) is 5.92 Å². The molecule has 0 aliphatic rings. The van der Waals surface area contributed by atoms with Gasteiger partial charge < -0.3 is 0 Å². The highest BCUT2D eigenvalue weighted by Crippen LogP contribution is 2.30. The summed E-state index contributed by atoms with van der Waals surface area (Å²) in [5, 5.41) is 0. The largest absolute Gasteiger partial charge is 0.0654 e. The Morgan fingerprint density at radius 2 is 2.07 bits per heavy atom. The molecule has 0 heterocycles. The first-order chi connectivity index (χ1) is 6.79. The summed E-state index contributed by atoms with van der Waals surface area (Å²) in [4.78, 5) is 0. The van der Waals surface area contributed by atoms with E-state index in [1.54, 1.807) is 0 Å². The lowest BCUT2D eigenvalue weighted by molar-refractivity contribution is 0.418. The van der Waals surface area contributed by atoms with Crippen LogP contribution in [0.1, 0.15) is 51.5 Å². The normalized spacial score (nSPS) is 15.1. The van der Waals surface area contributed by atoms with Gasteiger partial charge in [-0.15, -0.1) is 0 Å². The van der Waals surface area contributed by atoms with E-state index in [1.807, 2.05) is 12.1 Å². The highest BCUT2D eigenvalue weighted by atomic mass is 14.2. The number of benzene rings is 1. The summed E-state index contributed by atoms with van der Waals surface area (Å²) >= 11 is 0. The maximum absolute atomic E-state index is 3.37. The third kappa shape index (κ3) is 2.87. The predicted octanol–water partition coefficient (Wildman–Crippen LogP) is 4.42. The summed E-state index contributed by atoms with van der Waals surface area (Å²) in [5.74, 6) is 1.47. The monoisotopic (exact) mass is 189 g/mol. The van der Waals surface area contributed by atoms with E-state index in [0.29, 0.717) is 5.92 Å². The Labute approximate surface area is 88.4 Å². The van der Waals surface area contributed by atoms with Gasteiger partial charge in [-0.05, 0) is 29.9 Å². The standard InChI is InChI=1S/C14H21/c1-4-9-14(12(3)5-2)13-10-7-6-8-11-13/h6-8,10,12,14H,4-5,9H2,1-3H3. The molecule has 0 aromatic heterocycles. The van der Waals surface area contributed by atoms with Gasteiger partial charge in [0.1, 0.15) is 0 Å². The zero-order chi connectivity index (χ0) is 10.4. The zero-order valence-electron chi connectivity index (χ0n) is 9.59. The van der Waals surface area contributed by atoms with Gasteiger partial charge in [-0.3, -0.25) is 0 Å². The van der Waals surface area contributed by atoms with Crippen LogP contribution in [0.15, 0.2) is 24.3 Å². The smallest absolute Gasteiger partial charge is 0.0130 e. The molecule has 0 spiro atoms. The van der Waals surface area contributed by atoms with Gasteiger partial charge in [-0.25, -0.2) is 0 Å². The second kappa shape index (κ2) is 5.85. The van der Waals surface area contributed by atoms with Crippen molar-refractivity contribution in [1.82, 2.24) is 0 Å². The summed E-state index contributed by atoms with van der Waals surface area (Å²) in [6.07, 6.45) is 3.81. The highest BCUT2D eigenvalue weighted by Gasteiger charge is 2.16. The molecule has 0 fully saturated rings. The Hall–Kier alpha value is -0.780. The average molecular weight is 189 g/mol. The first-order valence-electron chi connectivity index (χ1n) is 5.76. The van der Waals surface area contributed by atoms with E-state index in [1.165, 1.54) is 24.8 Å². The minimum absolute atomic E-state index is 0.700. The average Bonchev–Trinajstić information content (AvgIpc) is 2.26. The predicted molar refractivity (Wildman–Crippen MR) is 62.4 cm³/mol. The molecule has 0 aliphatic heterocycles. The molecule has 0 nitrogen and oxygen atoms in total. The van der Waals surface area contributed by atoms with Gasteiger partial charge in [0.2, 0.25) is 0 Å². The molecule has 77 valence electrons. The lowest BCUT2D eigenvalue weighted by Gasteiger charge is -2.22. The Morgan fingerprint density at radius 1 is 1.29 bits per heavy atom. The SMILES string of the molecule is CCCC(c1[c]cccc1)C(C)CC. The molecule has 0 amide bonds. The van der Waals surface area contributed by atoms with Gasteiger partial charge in [-0.2, -0.15) is 0 Å². The molecular weight excluding hydrogens is 168 g/mol. The van der Waals surface area contributed by atoms with E-state index >= 15 is 0 Å². The van der Waals surface area contributed by atoms with Crippen molar-refractivity contribution in [3.63, 3.8) is 0 Å². The molecule has 0 bridgehead atoms. The molecular formula is C14H21. The van der Waals surface area contributed by atoms with Crippen LogP contribution in [0.5, 0.6) is 0 Å². The summed E-state index contributed by atoms with van der Waals surface area (Å²) in [6, 6.07) is 11.8. The van der Waals surface area contributed by atoms with Crippen LogP contribution in [0.2, 0.25) is 0 Å². The number of hydrogen-bond donors (Lipinski definition) is 0. The van der Waals surface area contributed by atoms with Gasteiger partial charge >= 0.3 is 0 Å². The Kier molecular flexibility index (Phi) is 4.72. The Bertz CT molecular complexity index is 237. The minimum atomic E-state index is 0.700. The van der Waals surface area contributed by atoms with Crippen molar-refractivity contribution in [2.75, 3.05) is 0 Å².